The molecule has 12 aromatic carbocycles. The van der Waals surface area contributed by atoms with Crippen molar-refractivity contribution in [3.63, 3.8) is 0 Å². The van der Waals surface area contributed by atoms with Crippen molar-refractivity contribution in [3.8, 4) is 69.0 Å². The largest absolute Gasteiger partial charge is 0.530 e. The number of rotatable bonds is 35. The fourth-order valence-electron chi connectivity index (χ4n) is 14.4. The molecule has 0 aliphatic rings. The average Bonchev–Trinajstić information content (AvgIpc) is 0.807. The van der Waals surface area contributed by atoms with Crippen LogP contribution in [-0.2, 0) is 32.5 Å². The van der Waals surface area contributed by atoms with Gasteiger partial charge in [0.25, 0.3) is 0 Å². The molecule has 0 N–H and O–H groups in total. The third kappa shape index (κ3) is 33.7. The Morgan fingerprint density at radius 1 is 0.185 bits per heavy atom. The van der Waals surface area contributed by atoms with Crippen LogP contribution in [0.5, 0.6) is 69.0 Å². The number of hydrogen-bond acceptors (Lipinski definition) is 12. The van der Waals surface area contributed by atoms with Gasteiger partial charge in [0.1, 0.15) is 69.0 Å². The van der Waals surface area contributed by atoms with Crippen LogP contribution in [0, 0.1) is 0 Å². The van der Waals surface area contributed by atoms with E-state index in [9.17, 15) is 0 Å². The van der Waals surface area contributed by atoms with Crippen LogP contribution in [0.3, 0.4) is 0 Å². The molecule has 0 saturated heterocycles. The highest BCUT2D eigenvalue weighted by atomic mass is 31.2. The molecule has 0 bridgehead atoms. The predicted molar refractivity (Wildman–Crippen MR) is 572 cm³/mol. The molecule has 0 spiro atoms. The van der Waals surface area contributed by atoms with Crippen LogP contribution in [0.15, 0.2) is 291 Å². The maximum Gasteiger partial charge on any atom is 0.530 e. The fraction of sp³-hybridized carbons (Fsp3) is 0.395. The van der Waals surface area contributed by atoms with Crippen molar-refractivity contribution in [2.75, 3.05) is 0 Å². The molecule has 0 saturated carbocycles. The van der Waals surface area contributed by atoms with Crippen molar-refractivity contribution < 1.29 is 54.3 Å². The molecule has 12 aromatic rings. The van der Waals surface area contributed by atoms with Crippen molar-refractivity contribution in [1.82, 2.24) is 0 Å². The topological polar surface area (TPSA) is 111 Å². The molecule has 5 atom stereocenters. The van der Waals surface area contributed by atoms with Gasteiger partial charge in [0.15, 0.2) is 0 Å². The second-order valence-corrected chi connectivity index (χ2v) is 45.6. The Kier molecular flexibility index (Phi) is 40.5. The molecule has 12 rings (SSSR count). The van der Waals surface area contributed by atoms with E-state index in [-0.39, 0.29) is 32.5 Å². The molecule has 722 valence electrons. The van der Waals surface area contributed by atoms with Gasteiger partial charge in [-0.15, -0.1) is 0 Å². The molecular weight excluding hydrogens is 1750 g/mol. The Labute approximate surface area is 818 Å². The smallest absolute Gasteiger partial charge is 0.409 e. The molecule has 5 unspecified atom stereocenters. The van der Waals surface area contributed by atoms with Gasteiger partial charge < -0.3 is 54.3 Å². The van der Waals surface area contributed by atoms with Crippen molar-refractivity contribution in [1.29, 1.82) is 0 Å². The maximum atomic E-state index is 6.54. The highest BCUT2D eigenvalue weighted by Crippen LogP contribution is 2.53. The molecule has 0 aliphatic carbocycles. The second-order valence-electron chi connectivity index (χ2n) is 41.6. The highest BCUT2D eigenvalue weighted by Gasteiger charge is 2.33. The van der Waals surface area contributed by atoms with Crippen LogP contribution >= 0.6 is 34.4 Å². The van der Waals surface area contributed by atoms with Crippen molar-refractivity contribution in [2.45, 2.75) is 308 Å². The summed E-state index contributed by atoms with van der Waals surface area (Å²) in [5.74, 6) is 11.9. The molecule has 0 aromatic heterocycles. The number of benzene rings is 12. The maximum absolute atomic E-state index is 6.54. The SMILES string of the molecule is CC(C)(C)c1ccc(OP(Oc2ccc(C(C)(C)C)cc2)Oc2ccc(C(C)(C)C)cc2)cc1.CC(C)(C)c1ccccc1OP(Oc1ccccc1C(C)(C)C)Oc1ccccc1C(C)(C)C.CCC(C)c1ccc(OP(Oc2ccc(C(C)C)cc2)Oc2ccc(C(C)CC)cc2)cc1.CCC(C)c1ccccc1OP(Oc1ccccc1C(C)CC)Oc1ccccc1C(C)CC. The van der Waals surface area contributed by atoms with E-state index in [2.05, 4.69) is 335 Å². The standard InChI is InChI=1S/3C30H39O3P.C29H37O3P/c1-28(2,3)22-10-16-25(17-11-22)31-34(32-26-18-12-23(13-19-26)29(4,5)6)33-27-20-14-24(15-21-27)30(7,8)9;1-28(2,3)22-16-10-13-19-25(22)31-34(32-26-20-14-11-17-23(26)29(4,5)6)33-27-21-15-12-18-24(27)30(7,8)9;1-7-22(4)25-16-10-13-19-28(25)31-34(32-29-20-14-11-17-26(29)23(5)8-2)33-30-21-15-12-18-27(30)24(6)9-3;1-7-22(5)25-11-17-28(18-12-25)31-33(30-27-15-9-24(10-16-27)21(3)4)32-29-19-13-26(14-20-29)23(6)8-2/h2*10-21H,1-9H3;10-24H,7-9H2,1-6H3;9-23H,7-8H2,1-6H3. The summed E-state index contributed by atoms with van der Waals surface area (Å²) in [4.78, 5) is 0. The van der Waals surface area contributed by atoms with Crippen molar-refractivity contribution >= 4 is 34.4 Å². The van der Waals surface area contributed by atoms with Gasteiger partial charge >= 0.3 is 34.4 Å². The fourth-order valence-corrected chi connectivity index (χ4v) is 18.6. The third-order valence-electron chi connectivity index (χ3n) is 24.2. The summed E-state index contributed by atoms with van der Waals surface area (Å²) in [5.41, 5.74) is 14.5. The van der Waals surface area contributed by atoms with E-state index in [1.807, 2.05) is 164 Å². The summed E-state index contributed by atoms with van der Waals surface area (Å²) in [7, 11) is -6.88. The first-order valence-corrected chi connectivity index (χ1v) is 52.8. The van der Waals surface area contributed by atoms with Gasteiger partial charge in [0, 0.05) is 16.7 Å². The van der Waals surface area contributed by atoms with E-state index in [0.29, 0.717) is 35.5 Å². The molecule has 0 aliphatic heterocycles. The third-order valence-corrected chi connectivity index (χ3v) is 28.5. The summed E-state index contributed by atoms with van der Waals surface area (Å²) in [6, 6.07) is 98.2. The lowest BCUT2D eigenvalue weighted by molar-refractivity contribution is 0.372. The van der Waals surface area contributed by atoms with Gasteiger partial charge in [0.05, 0.1) is 0 Å². The molecule has 0 amide bonds. The lowest BCUT2D eigenvalue weighted by Crippen LogP contribution is -2.16. The van der Waals surface area contributed by atoms with Gasteiger partial charge in [-0.2, -0.15) is 0 Å². The first-order chi connectivity index (χ1) is 63.8. The molecular formula is C119H154O12P4. The van der Waals surface area contributed by atoms with Gasteiger partial charge in [-0.1, -0.05) is 390 Å². The van der Waals surface area contributed by atoms with Gasteiger partial charge in [-0.3, -0.25) is 0 Å². The normalized spacial score (nSPS) is 13.4. The summed E-state index contributed by atoms with van der Waals surface area (Å²) in [6.45, 7) is 65.9. The number of para-hydroxylation sites is 6. The number of hydrogen-bond donors (Lipinski definition) is 0. The minimum Gasteiger partial charge on any atom is -0.409 e. The first kappa shape index (κ1) is 109. The van der Waals surface area contributed by atoms with Crippen LogP contribution in [0.1, 0.15) is 342 Å². The van der Waals surface area contributed by atoms with Gasteiger partial charge in [0.2, 0.25) is 0 Å². The monoisotopic (exact) mass is 1900 g/mol. The molecule has 0 heterocycles. The average molecular weight is 1900 g/mol. The first-order valence-electron chi connectivity index (χ1n) is 48.4. The lowest BCUT2D eigenvalue weighted by atomic mass is 9.86. The zero-order valence-corrected chi connectivity index (χ0v) is 90.0. The Hall–Kier alpha value is -10.0. The second kappa shape index (κ2) is 50.3. The van der Waals surface area contributed by atoms with Crippen molar-refractivity contribution in [3.05, 3.63) is 358 Å². The van der Waals surface area contributed by atoms with E-state index in [0.717, 1.165) is 118 Å². The Morgan fingerprint density at radius 2 is 0.363 bits per heavy atom. The summed E-state index contributed by atoms with van der Waals surface area (Å²) < 4.78 is 76.4. The van der Waals surface area contributed by atoms with E-state index in [1.165, 1.54) is 50.1 Å². The van der Waals surface area contributed by atoms with E-state index in [4.69, 9.17) is 54.3 Å². The summed E-state index contributed by atoms with van der Waals surface area (Å²) in [6.07, 6.45) is 5.32. The quantitative estimate of drug-likeness (QED) is 0.0353. The molecule has 135 heavy (non-hydrogen) atoms. The minimum atomic E-state index is -1.78. The van der Waals surface area contributed by atoms with Crippen LogP contribution in [0.2, 0.25) is 0 Å². The summed E-state index contributed by atoms with van der Waals surface area (Å²) in [5, 5.41) is 0. The van der Waals surface area contributed by atoms with E-state index < -0.39 is 34.4 Å². The predicted octanol–water partition coefficient (Wildman–Crippen LogP) is 38.3. The highest BCUT2D eigenvalue weighted by molar-refractivity contribution is 7.44. The van der Waals surface area contributed by atoms with Crippen LogP contribution in [-0.4, -0.2) is 0 Å². The Balaban J connectivity index is 0.000000202. The molecule has 0 fully saturated rings. The van der Waals surface area contributed by atoms with E-state index in [1.54, 1.807) is 0 Å². The zero-order valence-electron chi connectivity index (χ0n) is 86.4. The molecule has 0 radical (unpaired) electrons. The zero-order chi connectivity index (χ0) is 98.6. The summed E-state index contributed by atoms with van der Waals surface area (Å²) >= 11 is 0. The van der Waals surface area contributed by atoms with Crippen LogP contribution in [0.25, 0.3) is 0 Å². The molecule has 16 heteroatoms. The van der Waals surface area contributed by atoms with Crippen LogP contribution < -0.4 is 54.3 Å². The Bertz CT molecular complexity index is 5050. The lowest BCUT2D eigenvalue weighted by Gasteiger charge is -2.28. The minimum absolute atomic E-state index is 0.0791. The van der Waals surface area contributed by atoms with Crippen LogP contribution in [0.4, 0.5) is 0 Å². The Morgan fingerprint density at radius 3 is 0.563 bits per heavy atom. The van der Waals surface area contributed by atoms with Gasteiger partial charge in [-0.05, 0) is 259 Å². The van der Waals surface area contributed by atoms with Gasteiger partial charge in [-0.25, -0.2) is 0 Å². The molecule has 12 nitrogen and oxygen atoms in total. The van der Waals surface area contributed by atoms with Crippen molar-refractivity contribution in [2.24, 2.45) is 0 Å². The van der Waals surface area contributed by atoms with E-state index >= 15 is 0 Å².